The molecule has 1 fully saturated rings. The Morgan fingerprint density at radius 1 is 1.24 bits per heavy atom. The number of ether oxygens (including phenoxy) is 2. The molecule has 2 aliphatic rings. The minimum Gasteiger partial charge on any atom is -0.466 e. The summed E-state index contributed by atoms with van der Waals surface area (Å²) in [5.74, 6) is -0.601. The van der Waals surface area contributed by atoms with E-state index in [0.717, 1.165) is 24.4 Å². The zero-order valence-corrected chi connectivity index (χ0v) is 20.9. The van der Waals surface area contributed by atoms with Crippen molar-refractivity contribution in [3.8, 4) is 17.1 Å². The molecule has 1 unspecified atom stereocenters. The van der Waals surface area contributed by atoms with E-state index in [0.29, 0.717) is 53.0 Å². The van der Waals surface area contributed by atoms with Gasteiger partial charge in [-0.2, -0.15) is 0 Å². The number of aromatic amines is 1. The van der Waals surface area contributed by atoms with Gasteiger partial charge in [-0.1, -0.05) is 11.6 Å². The van der Waals surface area contributed by atoms with Crippen LogP contribution in [-0.2, 0) is 11.3 Å². The van der Waals surface area contributed by atoms with Crippen molar-refractivity contribution in [2.75, 3.05) is 31.7 Å². The number of halogens is 3. The second kappa shape index (κ2) is 10.1. The van der Waals surface area contributed by atoms with Crippen LogP contribution < -0.4 is 10.1 Å². The lowest BCUT2D eigenvalue weighted by molar-refractivity contribution is -0.0173. The largest absolute Gasteiger partial charge is 0.466 e. The molecule has 3 aromatic heterocycles. The zero-order valence-electron chi connectivity index (χ0n) is 20.1. The van der Waals surface area contributed by atoms with Crippen LogP contribution in [0.5, 0.6) is 5.75 Å². The SMILES string of the molecule is O=C(c1cc(F)cc2c1OCOC2)N1CCCC(CNc2nc(-c3c[nH]c4ncc(Cl)cc34)ncc2F)C1. The molecular weight excluding hydrogens is 518 g/mol. The maximum Gasteiger partial charge on any atom is 0.257 e. The Bertz CT molecular complexity index is 1530. The van der Waals surface area contributed by atoms with Crippen molar-refractivity contribution in [3.05, 3.63) is 64.6 Å². The molecule has 2 aliphatic heterocycles. The average molecular weight is 541 g/mol. The number of H-pyrrole nitrogens is 1. The van der Waals surface area contributed by atoms with Crippen LogP contribution in [0.25, 0.3) is 22.4 Å². The number of pyridine rings is 1. The molecule has 0 spiro atoms. The molecule has 0 aliphatic carbocycles. The van der Waals surface area contributed by atoms with Gasteiger partial charge in [-0.3, -0.25) is 4.79 Å². The number of fused-ring (bicyclic) bond motifs is 2. The third kappa shape index (κ3) is 4.74. The first-order chi connectivity index (χ1) is 18.5. The van der Waals surface area contributed by atoms with Gasteiger partial charge in [0.2, 0.25) is 0 Å². The number of amides is 1. The minimum atomic E-state index is -0.584. The summed E-state index contributed by atoms with van der Waals surface area (Å²) >= 11 is 6.09. The maximum atomic E-state index is 14.6. The van der Waals surface area contributed by atoms with Crippen molar-refractivity contribution in [1.29, 1.82) is 0 Å². The van der Waals surface area contributed by atoms with E-state index in [9.17, 15) is 13.6 Å². The number of carbonyl (C=O) groups is 1. The fourth-order valence-electron chi connectivity index (χ4n) is 4.95. The molecule has 1 aromatic carbocycles. The number of hydrogen-bond acceptors (Lipinski definition) is 7. The molecule has 196 valence electrons. The molecule has 1 atom stereocenters. The van der Waals surface area contributed by atoms with E-state index in [-0.39, 0.29) is 36.6 Å². The molecule has 12 heteroatoms. The first-order valence-electron chi connectivity index (χ1n) is 12.2. The number of piperidine rings is 1. The van der Waals surface area contributed by atoms with Gasteiger partial charge in [0.15, 0.2) is 24.3 Å². The van der Waals surface area contributed by atoms with Crippen molar-refractivity contribution < 1.29 is 23.0 Å². The predicted molar refractivity (Wildman–Crippen MR) is 136 cm³/mol. The highest BCUT2D eigenvalue weighted by Crippen LogP contribution is 2.32. The fourth-order valence-corrected chi connectivity index (χ4v) is 5.11. The standard InChI is InChI=1S/C26H23ClF2N6O3/c27-16-5-18-20(9-32-23(18)31-8-16)24-33-10-21(29)25(34-24)30-7-14-2-1-3-35(11-14)26(36)19-6-17(28)4-15-12-37-13-38-22(15)19/h4-6,8-10,14H,1-3,7,11-13H2,(H,31,32)(H,30,33,34). The van der Waals surface area contributed by atoms with Crippen LogP contribution in [0.1, 0.15) is 28.8 Å². The highest BCUT2D eigenvalue weighted by Gasteiger charge is 2.29. The average Bonchev–Trinajstić information content (AvgIpc) is 3.35. The summed E-state index contributed by atoms with van der Waals surface area (Å²) in [5.41, 5.74) is 1.98. The van der Waals surface area contributed by atoms with E-state index in [4.69, 9.17) is 21.1 Å². The van der Waals surface area contributed by atoms with Gasteiger partial charge in [-0.25, -0.2) is 23.7 Å². The Labute approximate surface area is 221 Å². The Balaban J connectivity index is 1.17. The van der Waals surface area contributed by atoms with Crippen molar-refractivity contribution in [1.82, 2.24) is 24.8 Å². The summed E-state index contributed by atoms with van der Waals surface area (Å²) in [5, 5.41) is 4.28. The van der Waals surface area contributed by atoms with E-state index in [1.165, 1.54) is 18.3 Å². The number of nitrogens with zero attached hydrogens (tertiary/aromatic N) is 4. The molecule has 5 heterocycles. The number of rotatable bonds is 5. The van der Waals surface area contributed by atoms with Gasteiger partial charge in [-0.05, 0) is 37.0 Å². The quantitative estimate of drug-likeness (QED) is 0.375. The van der Waals surface area contributed by atoms with E-state index in [2.05, 4.69) is 25.3 Å². The fraction of sp³-hybridized carbons (Fsp3) is 0.308. The predicted octanol–water partition coefficient (Wildman–Crippen LogP) is 4.78. The van der Waals surface area contributed by atoms with Gasteiger partial charge >= 0.3 is 0 Å². The molecular formula is C26H23ClF2N6O3. The molecule has 0 saturated carbocycles. The summed E-state index contributed by atoms with van der Waals surface area (Å²) < 4.78 is 39.5. The van der Waals surface area contributed by atoms with Crippen molar-refractivity contribution >= 4 is 34.4 Å². The maximum absolute atomic E-state index is 14.6. The normalized spacial score (nSPS) is 17.2. The number of anilines is 1. The molecule has 6 rings (SSSR count). The van der Waals surface area contributed by atoms with Crippen LogP contribution in [0, 0.1) is 17.6 Å². The Kier molecular flexibility index (Phi) is 6.54. The van der Waals surface area contributed by atoms with Crippen LogP contribution >= 0.6 is 11.6 Å². The zero-order chi connectivity index (χ0) is 26.2. The van der Waals surface area contributed by atoms with Crippen molar-refractivity contribution in [3.63, 3.8) is 0 Å². The molecule has 1 saturated heterocycles. The molecule has 0 radical (unpaired) electrons. The van der Waals surface area contributed by atoms with Gasteiger partial charge in [-0.15, -0.1) is 0 Å². The number of hydrogen-bond donors (Lipinski definition) is 2. The van der Waals surface area contributed by atoms with Crippen LogP contribution in [0.15, 0.2) is 36.8 Å². The van der Waals surface area contributed by atoms with Crippen molar-refractivity contribution in [2.24, 2.45) is 5.92 Å². The van der Waals surface area contributed by atoms with Gasteiger partial charge in [0.25, 0.3) is 5.91 Å². The number of benzene rings is 1. The lowest BCUT2D eigenvalue weighted by Gasteiger charge is -2.33. The Morgan fingerprint density at radius 2 is 2.13 bits per heavy atom. The molecule has 9 nitrogen and oxygen atoms in total. The lowest BCUT2D eigenvalue weighted by atomic mass is 9.96. The number of nitrogens with one attached hydrogen (secondary N) is 2. The van der Waals surface area contributed by atoms with E-state index < -0.39 is 11.6 Å². The second-order valence-electron chi connectivity index (χ2n) is 9.33. The first kappa shape index (κ1) is 24.5. The minimum absolute atomic E-state index is 0.0139. The summed E-state index contributed by atoms with van der Waals surface area (Å²) in [6.45, 7) is 1.57. The monoisotopic (exact) mass is 540 g/mol. The molecule has 2 N–H and O–H groups in total. The first-order valence-corrected chi connectivity index (χ1v) is 12.6. The number of aromatic nitrogens is 4. The smallest absolute Gasteiger partial charge is 0.257 e. The third-order valence-electron chi connectivity index (χ3n) is 6.75. The van der Waals surface area contributed by atoms with Crippen LogP contribution in [0.3, 0.4) is 0 Å². The van der Waals surface area contributed by atoms with Gasteiger partial charge in [0, 0.05) is 48.5 Å². The summed E-state index contributed by atoms with van der Waals surface area (Å²) in [6, 6.07) is 4.27. The van der Waals surface area contributed by atoms with Crippen molar-refractivity contribution in [2.45, 2.75) is 19.4 Å². The number of carbonyl (C=O) groups excluding carboxylic acids is 1. The highest BCUT2D eigenvalue weighted by atomic mass is 35.5. The lowest BCUT2D eigenvalue weighted by Crippen LogP contribution is -2.42. The number of likely N-dealkylation sites (tertiary alicyclic amines) is 1. The molecule has 38 heavy (non-hydrogen) atoms. The summed E-state index contributed by atoms with van der Waals surface area (Å²) in [4.78, 5) is 30.8. The van der Waals surface area contributed by atoms with Gasteiger partial charge in [0.05, 0.1) is 23.4 Å². The van der Waals surface area contributed by atoms with E-state index >= 15 is 0 Å². The van der Waals surface area contributed by atoms with Crippen LogP contribution in [0.2, 0.25) is 5.02 Å². The third-order valence-corrected chi connectivity index (χ3v) is 6.96. The van der Waals surface area contributed by atoms with Gasteiger partial charge in [0.1, 0.15) is 17.2 Å². The Morgan fingerprint density at radius 3 is 3.03 bits per heavy atom. The van der Waals surface area contributed by atoms with Gasteiger partial charge < -0.3 is 24.7 Å². The Hall–Kier alpha value is -3.83. The topological polar surface area (TPSA) is 105 Å². The second-order valence-corrected chi connectivity index (χ2v) is 9.77. The highest BCUT2D eigenvalue weighted by molar-refractivity contribution is 6.31. The van der Waals surface area contributed by atoms with Crippen LogP contribution in [0.4, 0.5) is 14.6 Å². The van der Waals surface area contributed by atoms with E-state index in [1.807, 2.05) is 0 Å². The van der Waals surface area contributed by atoms with E-state index in [1.54, 1.807) is 17.2 Å². The molecule has 1 amide bonds. The summed E-state index contributed by atoms with van der Waals surface area (Å²) in [6.07, 6.45) is 5.96. The van der Waals surface area contributed by atoms with Crippen LogP contribution in [-0.4, -0.2) is 57.2 Å². The summed E-state index contributed by atoms with van der Waals surface area (Å²) in [7, 11) is 0. The molecule has 0 bridgehead atoms. The molecule has 4 aromatic rings.